The average molecular weight is 372 g/mol. The summed E-state index contributed by atoms with van der Waals surface area (Å²) in [4.78, 5) is 12.1. The Balaban J connectivity index is 2.24. The molecule has 0 spiro atoms. The van der Waals surface area contributed by atoms with Crippen LogP contribution in [0.15, 0.2) is 51.4 Å². The smallest absolute Gasteiger partial charge is 0.168 e. The Morgan fingerprint density at radius 1 is 1.11 bits per heavy atom. The molecule has 0 radical (unpaired) electrons. The van der Waals surface area contributed by atoms with Gasteiger partial charge < -0.3 is 0 Å². The van der Waals surface area contributed by atoms with Crippen molar-refractivity contribution < 1.29 is 9.18 Å². The summed E-state index contributed by atoms with van der Waals surface area (Å²) in [5, 5.41) is 0. The van der Waals surface area contributed by atoms with Gasteiger partial charge in [0.05, 0.1) is 0 Å². The molecule has 0 heterocycles. The lowest BCUT2D eigenvalue weighted by molar-refractivity contribution is 0.0992. The molecule has 2 aromatic carbocycles. The summed E-state index contributed by atoms with van der Waals surface area (Å²) in [7, 11) is 0. The van der Waals surface area contributed by atoms with E-state index in [0.29, 0.717) is 11.1 Å². The second-order valence-electron chi connectivity index (χ2n) is 3.85. The van der Waals surface area contributed by atoms with E-state index in [9.17, 15) is 9.18 Å². The van der Waals surface area contributed by atoms with Crippen LogP contribution in [0.5, 0.6) is 0 Å². The van der Waals surface area contributed by atoms with Gasteiger partial charge in [0.2, 0.25) is 0 Å². The lowest BCUT2D eigenvalue weighted by Gasteiger charge is -2.05. The molecule has 0 aliphatic carbocycles. The van der Waals surface area contributed by atoms with Crippen LogP contribution in [0.25, 0.3) is 0 Å². The van der Waals surface area contributed by atoms with Crippen molar-refractivity contribution in [1.82, 2.24) is 0 Å². The number of carbonyl (C=O) groups is 1. The van der Waals surface area contributed by atoms with Crippen LogP contribution in [-0.4, -0.2) is 5.78 Å². The molecule has 0 bridgehead atoms. The molecule has 4 heteroatoms. The summed E-state index contributed by atoms with van der Waals surface area (Å²) in [5.74, 6) is -0.373. The lowest BCUT2D eigenvalue weighted by Crippen LogP contribution is -2.04. The van der Waals surface area contributed by atoms with Crippen molar-refractivity contribution in [3.05, 3.63) is 68.4 Å². The molecule has 0 saturated heterocycles. The number of Topliss-reactive ketones (excluding diaryl/α,β-unsaturated/α-hetero) is 1. The maximum Gasteiger partial charge on any atom is 0.168 e. The fourth-order valence-electron chi connectivity index (χ4n) is 1.64. The van der Waals surface area contributed by atoms with Crippen molar-refractivity contribution in [3.8, 4) is 0 Å². The Hall–Kier alpha value is -1.000. The Morgan fingerprint density at radius 2 is 1.89 bits per heavy atom. The van der Waals surface area contributed by atoms with E-state index in [1.165, 1.54) is 12.1 Å². The highest BCUT2D eigenvalue weighted by Gasteiger charge is 2.11. The fourth-order valence-corrected chi connectivity index (χ4v) is 2.47. The zero-order valence-corrected chi connectivity index (χ0v) is 12.5. The van der Waals surface area contributed by atoms with Gasteiger partial charge in [0.1, 0.15) is 5.82 Å². The van der Waals surface area contributed by atoms with Gasteiger partial charge in [0.25, 0.3) is 0 Å². The number of rotatable bonds is 3. The third-order valence-corrected chi connectivity index (χ3v) is 3.67. The Morgan fingerprint density at radius 3 is 2.61 bits per heavy atom. The molecular formula is C14H9Br2FO. The van der Waals surface area contributed by atoms with Crippen LogP contribution in [0.3, 0.4) is 0 Å². The van der Waals surface area contributed by atoms with Gasteiger partial charge in [-0.15, -0.1) is 0 Å². The lowest BCUT2D eigenvalue weighted by atomic mass is 10.0. The van der Waals surface area contributed by atoms with Gasteiger partial charge in [0.15, 0.2) is 5.78 Å². The van der Waals surface area contributed by atoms with E-state index >= 15 is 0 Å². The van der Waals surface area contributed by atoms with Crippen LogP contribution in [0.1, 0.15) is 15.9 Å². The minimum absolute atomic E-state index is 0.0474. The van der Waals surface area contributed by atoms with Crippen LogP contribution >= 0.6 is 31.9 Å². The zero-order valence-electron chi connectivity index (χ0n) is 9.29. The molecule has 0 aliphatic heterocycles. The van der Waals surface area contributed by atoms with E-state index in [0.717, 1.165) is 8.95 Å². The summed E-state index contributed by atoms with van der Waals surface area (Å²) in [6.07, 6.45) is 0.187. The maximum atomic E-state index is 13.0. The molecule has 0 amide bonds. The Labute approximate surface area is 121 Å². The standard InChI is InChI=1S/C14H9Br2FO/c15-10-4-5-13(16)12(8-10)14(18)7-9-2-1-3-11(17)6-9/h1-6,8H,7H2. The zero-order chi connectivity index (χ0) is 13.1. The van der Waals surface area contributed by atoms with E-state index in [1.807, 2.05) is 12.1 Å². The van der Waals surface area contributed by atoms with Gasteiger partial charge in [-0.2, -0.15) is 0 Å². The topological polar surface area (TPSA) is 17.1 Å². The number of hydrogen-bond donors (Lipinski definition) is 0. The summed E-state index contributed by atoms with van der Waals surface area (Å²) in [5.41, 5.74) is 1.26. The highest BCUT2D eigenvalue weighted by atomic mass is 79.9. The number of halogens is 3. The van der Waals surface area contributed by atoms with Gasteiger partial charge in [0, 0.05) is 20.9 Å². The molecule has 0 atom stereocenters. The number of hydrogen-bond acceptors (Lipinski definition) is 1. The number of ketones is 1. The van der Waals surface area contributed by atoms with Crippen LogP contribution in [-0.2, 0) is 6.42 Å². The van der Waals surface area contributed by atoms with Crippen LogP contribution in [0.2, 0.25) is 0 Å². The molecule has 18 heavy (non-hydrogen) atoms. The first-order valence-electron chi connectivity index (χ1n) is 5.29. The summed E-state index contributed by atoms with van der Waals surface area (Å²) < 4.78 is 14.6. The van der Waals surface area contributed by atoms with E-state index < -0.39 is 0 Å². The molecule has 0 aliphatic rings. The minimum Gasteiger partial charge on any atom is -0.294 e. The summed E-state index contributed by atoms with van der Waals surface area (Å²) >= 11 is 6.67. The second kappa shape index (κ2) is 5.76. The average Bonchev–Trinajstić information content (AvgIpc) is 2.32. The highest BCUT2D eigenvalue weighted by Crippen LogP contribution is 2.23. The molecule has 92 valence electrons. The first kappa shape index (κ1) is 13.4. The third kappa shape index (κ3) is 3.27. The molecular weight excluding hydrogens is 363 g/mol. The Kier molecular flexibility index (Phi) is 4.30. The monoisotopic (exact) mass is 370 g/mol. The fraction of sp³-hybridized carbons (Fsp3) is 0.0714. The van der Waals surface area contributed by atoms with Gasteiger partial charge >= 0.3 is 0 Å². The predicted octanol–water partition coefficient (Wildman–Crippen LogP) is 4.78. The summed E-state index contributed by atoms with van der Waals surface area (Å²) in [6.45, 7) is 0. The van der Waals surface area contributed by atoms with E-state index in [4.69, 9.17) is 0 Å². The van der Waals surface area contributed by atoms with Crippen molar-refractivity contribution >= 4 is 37.6 Å². The van der Waals surface area contributed by atoms with Gasteiger partial charge in [-0.25, -0.2) is 4.39 Å². The molecule has 0 fully saturated rings. The largest absolute Gasteiger partial charge is 0.294 e. The molecule has 2 rings (SSSR count). The van der Waals surface area contributed by atoms with Crippen LogP contribution in [0.4, 0.5) is 4.39 Å². The van der Waals surface area contributed by atoms with E-state index in [-0.39, 0.29) is 18.0 Å². The van der Waals surface area contributed by atoms with Crippen molar-refractivity contribution in [2.45, 2.75) is 6.42 Å². The summed E-state index contributed by atoms with van der Waals surface area (Å²) in [6, 6.07) is 11.5. The first-order chi connectivity index (χ1) is 8.56. The third-order valence-electron chi connectivity index (χ3n) is 2.48. The van der Waals surface area contributed by atoms with Gasteiger partial charge in [-0.1, -0.05) is 44.0 Å². The molecule has 0 N–H and O–H groups in total. The minimum atomic E-state index is -0.325. The van der Waals surface area contributed by atoms with Crippen molar-refractivity contribution in [2.75, 3.05) is 0 Å². The normalized spacial score (nSPS) is 10.4. The van der Waals surface area contributed by atoms with Gasteiger partial charge in [-0.05, 0) is 35.9 Å². The van der Waals surface area contributed by atoms with Crippen LogP contribution < -0.4 is 0 Å². The molecule has 0 saturated carbocycles. The van der Waals surface area contributed by atoms with E-state index in [2.05, 4.69) is 31.9 Å². The molecule has 0 unspecified atom stereocenters. The second-order valence-corrected chi connectivity index (χ2v) is 5.62. The Bertz CT molecular complexity index is 596. The maximum absolute atomic E-state index is 13.0. The van der Waals surface area contributed by atoms with Crippen molar-refractivity contribution in [3.63, 3.8) is 0 Å². The quantitative estimate of drug-likeness (QED) is 0.710. The number of benzene rings is 2. The molecule has 0 aromatic heterocycles. The number of carbonyl (C=O) groups excluding carboxylic acids is 1. The molecule has 2 aromatic rings. The van der Waals surface area contributed by atoms with Gasteiger partial charge in [-0.3, -0.25) is 4.79 Å². The van der Waals surface area contributed by atoms with Crippen LogP contribution in [0, 0.1) is 5.82 Å². The van der Waals surface area contributed by atoms with Crippen molar-refractivity contribution in [1.29, 1.82) is 0 Å². The van der Waals surface area contributed by atoms with E-state index in [1.54, 1.807) is 18.2 Å². The predicted molar refractivity (Wildman–Crippen MR) is 76.3 cm³/mol. The SMILES string of the molecule is O=C(Cc1cccc(F)c1)c1cc(Br)ccc1Br. The highest BCUT2D eigenvalue weighted by molar-refractivity contribution is 9.11. The molecule has 1 nitrogen and oxygen atoms in total. The van der Waals surface area contributed by atoms with Crippen molar-refractivity contribution in [2.24, 2.45) is 0 Å². The first-order valence-corrected chi connectivity index (χ1v) is 6.87.